The Morgan fingerprint density at radius 3 is 2.75 bits per heavy atom. The number of fused-ring (bicyclic) bond motifs is 1. The number of nitrogens with one attached hydrogen (secondary N) is 1. The Labute approximate surface area is 146 Å². The van der Waals surface area contributed by atoms with Crippen molar-refractivity contribution in [1.29, 1.82) is 0 Å². The molecule has 24 heavy (non-hydrogen) atoms. The van der Waals surface area contributed by atoms with Crippen LogP contribution in [0.1, 0.15) is 16.1 Å². The number of carbonyl (C=O) groups is 1. The maximum absolute atomic E-state index is 12.5. The van der Waals surface area contributed by atoms with Crippen molar-refractivity contribution in [3.8, 4) is 5.75 Å². The van der Waals surface area contributed by atoms with E-state index in [1.807, 2.05) is 60.1 Å². The Hall–Kier alpha value is -2.46. The Kier molecular flexibility index (Phi) is 4.76. The molecule has 0 aliphatic rings. The third kappa shape index (κ3) is 3.10. The molecule has 3 aromatic rings. The van der Waals surface area contributed by atoms with Crippen LogP contribution in [0.15, 0.2) is 48.5 Å². The van der Waals surface area contributed by atoms with Gasteiger partial charge in [-0.3, -0.25) is 4.79 Å². The number of carbonyl (C=O) groups excluding carboxylic acids is 1. The van der Waals surface area contributed by atoms with Gasteiger partial charge in [-0.1, -0.05) is 35.9 Å². The van der Waals surface area contributed by atoms with Gasteiger partial charge in [0.25, 0.3) is 5.91 Å². The zero-order chi connectivity index (χ0) is 17.1. The summed E-state index contributed by atoms with van der Waals surface area (Å²) in [4.78, 5) is 12.5. The van der Waals surface area contributed by atoms with Crippen molar-refractivity contribution in [2.24, 2.45) is 7.05 Å². The van der Waals surface area contributed by atoms with Crippen LogP contribution in [-0.4, -0.2) is 24.1 Å². The van der Waals surface area contributed by atoms with E-state index in [2.05, 4.69) is 5.32 Å². The second-order valence-electron chi connectivity index (χ2n) is 5.58. The monoisotopic (exact) mass is 342 g/mol. The molecule has 1 heterocycles. The molecule has 0 aliphatic heterocycles. The average molecular weight is 343 g/mol. The lowest BCUT2D eigenvalue weighted by atomic mass is 10.1. The Morgan fingerprint density at radius 1 is 1.21 bits per heavy atom. The first kappa shape index (κ1) is 16.4. The van der Waals surface area contributed by atoms with Crippen LogP contribution < -0.4 is 10.1 Å². The van der Waals surface area contributed by atoms with Crippen molar-refractivity contribution in [2.45, 2.75) is 6.42 Å². The first-order valence-electron chi connectivity index (χ1n) is 7.76. The SMILES string of the molecule is COc1cccc2c1cc(C(=O)NCCc1ccccc1Cl)n2C. The van der Waals surface area contributed by atoms with Gasteiger partial charge in [0.2, 0.25) is 0 Å². The van der Waals surface area contributed by atoms with Gasteiger partial charge >= 0.3 is 0 Å². The number of rotatable bonds is 5. The number of aryl methyl sites for hydroxylation is 1. The third-order valence-electron chi connectivity index (χ3n) is 4.14. The highest BCUT2D eigenvalue weighted by molar-refractivity contribution is 6.31. The number of ether oxygens (including phenoxy) is 1. The minimum absolute atomic E-state index is 0.109. The van der Waals surface area contributed by atoms with Crippen LogP contribution in [0.25, 0.3) is 10.9 Å². The molecule has 1 amide bonds. The smallest absolute Gasteiger partial charge is 0.267 e. The number of amides is 1. The summed E-state index contributed by atoms with van der Waals surface area (Å²) in [6.45, 7) is 0.529. The maximum Gasteiger partial charge on any atom is 0.267 e. The molecule has 3 rings (SSSR count). The minimum Gasteiger partial charge on any atom is -0.496 e. The summed E-state index contributed by atoms with van der Waals surface area (Å²) in [5.74, 6) is 0.654. The third-order valence-corrected chi connectivity index (χ3v) is 4.51. The van der Waals surface area contributed by atoms with Gasteiger partial charge in [-0.25, -0.2) is 0 Å². The van der Waals surface area contributed by atoms with Gasteiger partial charge in [-0.15, -0.1) is 0 Å². The second kappa shape index (κ2) is 6.97. The summed E-state index contributed by atoms with van der Waals surface area (Å²) in [5.41, 5.74) is 2.59. The van der Waals surface area contributed by atoms with Crippen LogP contribution in [0.3, 0.4) is 0 Å². The van der Waals surface area contributed by atoms with Gasteiger partial charge < -0.3 is 14.6 Å². The second-order valence-corrected chi connectivity index (χ2v) is 5.99. The van der Waals surface area contributed by atoms with Crippen LogP contribution in [0.2, 0.25) is 5.02 Å². The largest absolute Gasteiger partial charge is 0.496 e. The molecule has 0 spiro atoms. The average Bonchev–Trinajstić information content (AvgIpc) is 2.94. The molecule has 1 N–H and O–H groups in total. The van der Waals surface area contributed by atoms with E-state index in [-0.39, 0.29) is 5.91 Å². The van der Waals surface area contributed by atoms with Gasteiger partial charge in [0.1, 0.15) is 11.4 Å². The fourth-order valence-corrected chi connectivity index (χ4v) is 3.06. The number of benzene rings is 2. The van der Waals surface area contributed by atoms with E-state index in [9.17, 15) is 4.79 Å². The van der Waals surface area contributed by atoms with Crippen molar-refractivity contribution in [3.05, 3.63) is 64.8 Å². The van der Waals surface area contributed by atoms with Crippen molar-refractivity contribution >= 4 is 28.4 Å². The summed E-state index contributed by atoms with van der Waals surface area (Å²) in [6, 6.07) is 15.3. The zero-order valence-electron chi connectivity index (χ0n) is 13.7. The van der Waals surface area contributed by atoms with Crippen LogP contribution in [-0.2, 0) is 13.5 Å². The van der Waals surface area contributed by atoms with E-state index in [0.717, 1.165) is 27.2 Å². The van der Waals surface area contributed by atoms with Crippen molar-refractivity contribution < 1.29 is 9.53 Å². The number of hydrogen-bond donors (Lipinski definition) is 1. The summed E-state index contributed by atoms with van der Waals surface area (Å²) in [5, 5.41) is 4.61. The Morgan fingerprint density at radius 2 is 2.00 bits per heavy atom. The van der Waals surface area contributed by atoms with Crippen molar-refractivity contribution in [3.63, 3.8) is 0 Å². The zero-order valence-corrected chi connectivity index (χ0v) is 14.4. The van der Waals surface area contributed by atoms with Gasteiger partial charge in [0.15, 0.2) is 0 Å². The van der Waals surface area contributed by atoms with Crippen LogP contribution in [0, 0.1) is 0 Å². The molecule has 0 saturated carbocycles. The molecule has 0 radical (unpaired) electrons. The summed E-state index contributed by atoms with van der Waals surface area (Å²) in [6.07, 6.45) is 0.693. The molecule has 0 saturated heterocycles. The van der Waals surface area contributed by atoms with Crippen molar-refractivity contribution in [2.75, 3.05) is 13.7 Å². The van der Waals surface area contributed by atoms with E-state index in [1.54, 1.807) is 7.11 Å². The summed E-state index contributed by atoms with van der Waals surface area (Å²) in [7, 11) is 3.51. The summed E-state index contributed by atoms with van der Waals surface area (Å²) >= 11 is 6.14. The number of methoxy groups -OCH3 is 1. The summed E-state index contributed by atoms with van der Waals surface area (Å²) < 4.78 is 7.25. The molecule has 0 aliphatic carbocycles. The van der Waals surface area contributed by atoms with Crippen LogP contribution in [0.5, 0.6) is 5.75 Å². The number of halogens is 1. The molecule has 2 aromatic carbocycles. The number of aromatic nitrogens is 1. The number of hydrogen-bond acceptors (Lipinski definition) is 2. The van der Waals surface area contributed by atoms with Gasteiger partial charge in [0.05, 0.1) is 12.6 Å². The lowest BCUT2D eigenvalue weighted by Gasteiger charge is -2.07. The van der Waals surface area contributed by atoms with Gasteiger partial charge in [0, 0.05) is 24.0 Å². The van der Waals surface area contributed by atoms with E-state index in [0.29, 0.717) is 18.7 Å². The molecule has 4 nitrogen and oxygen atoms in total. The predicted molar refractivity (Wildman–Crippen MR) is 97.0 cm³/mol. The molecule has 5 heteroatoms. The standard InChI is InChI=1S/C19H19ClN2O2/c1-22-16-8-5-9-18(24-2)14(16)12-17(22)19(23)21-11-10-13-6-3-4-7-15(13)20/h3-9,12H,10-11H2,1-2H3,(H,21,23). The lowest BCUT2D eigenvalue weighted by Crippen LogP contribution is -2.27. The van der Waals surface area contributed by atoms with Crippen LogP contribution in [0.4, 0.5) is 0 Å². The molecular formula is C19H19ClN2O2. The Balaban J connectivity index is 1.75. The molecule has 0 unspecified atom stereocenters. The van der Waals surface area contributed by atoms with E-state index in [1.165, 1.54) is 0 Å². The Bertz CT molecular complexity index is 886. The first-order chi connectivity index (χ1) is 11.6. The first-order valence-corrected chi connectivity index (χ1v) is 8.13. The highest BCUT2D eigenvalue weighted by atomic mass is 35.5. The minimum atomic E-state index is -0.109. The fourth-order valence-electron chi connectivity index (χ4n) is 2.83. The highest BCUT2D eigenvalue weighted by Gasteiger charge is 2.15. The molecule has 0 bridgehead atoms. The van der Waals surface area contributed by atoms with Crippen molar-refractivity contribution in [1.82, 2.24) is 9.88 Å². The normalized spacial score (nSPS) is 10.8. The molecule has 124 valence electrons. The molecule has 0 atom stereocenters. The van der Waals surface area contributed by atoms with E-state index in [4.69, 9.17) is 16.3 Å². The quantitative estimate of drug-likeness (QED) is 0.766. The van der Waals surface area contributed by atoms with E-state index < -0.39 is 0 Å². The van der Waals surface area contributed by atoms with Crippen LogP contribution >= 0.6 is 11.6 Å². The molecule has 1 aromatic heterocycles. The van der Waals surface area contributed by atoms with Gasteiger partial charge in [-0.05, 0) is 36.2 Å². The maximum atomic E-state index is 12.5. The van der Waals surface area contributed by atoms with Gasteiger partial charge in [-0.2, -0.15) is 0 Å². The number of nitrogens with zero attached hydrogens (tertiary/aromatic N) is 1. The highest BCUT2D eigenvalue weighted by Crippen LogP contribution is 2.28. The molecular weight excluding hydrogens is 324 g/mol. The molecule has 0 fully saturated rings. The van der Waals surface area contributed by atoms with E-state index >= 15 is 0 Å². The fraction of sp³-hybridized carbons (Fsp3) is 0.211. The topological polar surface area (TPSA) is 43.3 Å². The lowest BCUT2D eigenvalue weighted by molar-refractivity contribution is 0.0946. The predicted octanol–water partition coefficient (Wildman–Crippen LogP) is 3.81.